The summed E-state index contributed by atoms with van der Waals surface area (Å²) < 4.78 is 28.0. The van der Waals surface area contributed by atoms with E-state index in [1.807, 2.05) is 26.0 Å². The van der Waals surface area contributed by atoms with Crippen molar-refractivity contribution in [3.8, 4) is 0 Å². The lowest BCUT2D eigenvalue weighted by Gasteiger charge is -2.32. The van der Waals surface area contributed by atoms with Crippen LogP contribution in [0.1, 0.15) is 56.0 Å². The minimum Gasteiger partial charge on any atom is -0.356 e. The number of aryl methyl sites for hydroxylation is 1. The highest BCUT2D eigenvalue weighted by Gasteiger charge is 2.29. The molecular formula is C26H35N3O4S. The van der Waals surface area contributed by atoms with Crippen molar-refractivity contribution in [2.24, 2.45) is 11.8 Å². The fourth-order valence-corrected chi connectivity index (χ4v) is 5.08. The first-order valence-corrected chi connectivity index (χ1v) is 13.5. The Morgan fingerprint density at radius 1 is 1.06 bits per heavy atom. The van der Waals surface area contributed by atoms with Crippen LogP contribution in [0.2, 0.25) is 0 Å². The third-order valence-electron chi connectivity index (χ3n) is 5.92. The Labute approximate surface area is 203 Å². The van der Waals surface area contributed by atoms with Gasteiger partial charge in [-0.15, -0.1) is 0 Å². The molecule has 1 fully saturated rings. The highest BCUT2D eigenvalue weighted by molar-refractivity contribution is 7.92. The minimum atomic E-state index is -3.72. The number of benzene rings is 2. The Morgan fingerprint density at radius 2 is 1.74 bits per heavy atom. The molecule has 0 saturated carbocycles. The summed E-state index contributed by atoms with van der Waals surface area (Å²) >= 11 is 0. The van der Waals surface area contributed by atoms with Crippen LogP contribution in [-0.2, 0) is 21.2 Å². The lowest BCUT2D eigenvalue weighted by molar-refractivity contribution is -0.126. The number of likely N-dealkylation sites (tertiary alicyclic amines) is 1. The zero-order chi connectivity index (χ0) is 24.7. The normalized spacial score (nSPS) is 16.4. The SMILES string of the molecule is CCCc1ccc(S(=O)(=O)Nc2ccc(C(=O)N3CCC[C@@H](C(=O)NCC(C)C)C3)cc2)cc1. The number of rotatable bonds is 9. The zero-order valence-electron chi connectivity index (χ0n) is 20.2. The van der Waals surface area contributed by atoms with Crippen LogP contribution in [-0.4, -0.2) is 44.8 Å². The molecule has 8 heteroatoms. The van der Waals surface area contributed by atoms with Gasteiger partial charge in [0.25, 0.3) is 15.9 Å². The van der Waals surface area contributed by atoms with Gasteiger partial charge in [0.05, 0.1) is 10.8 Å². The van der Waals surface area contributed by atoms with Crippen LogP contribution >= 0.6 is 0 Å². The molecule has 1 aliphatic rings. The number of hydrogen-bond acceptors (Lipinski definition) is 4. The van der Waals surface area contributed by atoms with E-state index in [1.54, 1.807) is 41.3 Å². The Hall–Kier alpha value is -2.87. The smallest absolute Gasteiger partial charge is 0.261 e. The van der Waals surface area contributed by atoms with Crippen LogP contribution in [0.15, 0.2) is 53.4 Å². The van der Waals surface area contributed by atoms with Crippen LogP contribution in [0.5, 0.6) is 0 Å². The number of piperidine rings is 1. The van der Waals surface area contributed by atoms with Gasteiger partial charge < -0.3 is 10.2 Å². The fraction of sp³-hybridized carbons (Fsp3) is 0.462. The maximum absolute atomic E-state index is 13.0. The molecule has 1 saturated heterocycles. The summed E-state index contributed by atoms with van der Waals surface area (Å²) in [7, 11) is -3.72. The molecule has 0 unspecified atom stereocenters. The van der Waals surface area contributed by atoms with Crippen molar-refractivity contribution < 1.29 is 18.0 Å². The van der Waals surface area contributed by atoms with Crippen LogP contribution in [0, 0.1) is 11.8 Å². The summed E-state index contributed by atoms with van der Waals surface area (Å²) in [5.41, 5.74) is 1.95. The van der Waals surface area contributed by atoms with Gasteiger partial charge in [0.1, 0.15) is 0 Å². The van der Waals surface area contributed by atoms with Crippen molar-refractivity contribution in [2.45, 2.75) is 51.3 Å². The summed E-state index contributed by atoms with van der Waals surface area (Å²) in [5.74, 6) is 0.0221. The van der Waals surface area contributed by atoms with Gasteiger partial charge in [0, 0.05) is 30.9 Å². The van der Waals surface area contributed by atoms with Gasteiger partial charge in [-0.1, -0.05) is 39.3 Å². The summed E-state index contributed by atoms with van der Waals surface area (Å²) in [5, 5.41) is 2.96. The highest BCUT2D eigenvalue weighted by atomic mass is 32.2. The predicted octanol–water partition coefficient (Wildman–Crippen LogP) is 4.06. The molecular weight excluding hydrogens is 450 g/mol. The maximum atomic E-state index is 13.0. The average Bonchev–Trinajstić information content (AvgIpc) is 2.83. The average molecular weight is 486 g/mol. The first-order chi connectivity index (χ1) is 16.2. The Balaban J connectivity index is 1.62. The maximum Gasteiger partial charge on any atom is 0.261 e. The van der Waals surface area contributed by atoms with E-state index in [0.29, 0.717) is 36.8 Å². The lowest BCUT2D eigenvalue weighted by Crippen LogP contribution is -2.46. The predicted molar refractivity (Wildman–Crippen MR) is 134 cm³/mol. The second kappa shape index (κ2) is 11.5. The number of nitrogens with zero attached hydrogens (tertiary/aromatic N) is 1. The second-order valence-electron chi connectivity index (χ2n) is 9.31. The third-order valence-corrected chi connectivity index (χ3v) is 7.32. The van der Waals surface area contributed by atoms with Crippen molar-refractivity contribution in [3.05, 3.63) is 59.7 Å². The van der Waals surface area contributed by atoms with Crippen LogP contribution in [0.3, 0.4) is 0 Å². The molecule has 1 atom stereocenters. The summed E-state index contributed by atoms with van der Waals surface area (Å²) in [6, 6.07) is 13.3. The van der Waals surface area contributed by atoms with E-state index < -0.39 is 10.0 Å². The molecule has 34 heavy (non-hydrogen) atoms. The van der Waals surface area contributed by atoms with Crippen molar-refractivity contribution in [1.82, 2.24) is 10.2 Å². The number of carbonyl (C=O) groups is 2. The van der Waals surface area contributed by atoms with E-state index >= 15 is 0 Å². The van der Waals surface area contributed by atoms with Gasteiger partial charge in [0.2, 0.25) is 5.91 Å². The van der Waals surface area contributed by atoms with Crippen LogP contribution in [0.4, 0.5) is 5.69 Å². The topological polar surface area (TPSA) is 95.6 Å². The molecule has 0 radical (unpaired) electrons. The van der Waals surface area contributed by atoms with Crippen LogP contribution in [0.25, 0.3) is 0 Å². The van der Waals surface area contributed by atoms with Crippen molar-refractivity contribution in [2.75, 3.05) is 24.4 Å². The lowest BCUT2D eigenvalue weighted by atomic mass is 9.96. The number of hydrogen-bond donors (Lipinski definition) is 2. The van der Waals surface area contributed by atoms with Crippen molar-refractivity contribution >= 4 is 27.5 Å². The van der Waals surface area contributed by atoms with Crippen LogP contribution < -0.4 is 10.0 Å². The van der Waals surface area contributed by atoms with Crippen molar-refractivity contribution in [1.29, 1.82) is 0 Å². The van der Waals surface area contributed by atoms with Gasteiger partial charge >= 0.3 is 0 Å². The third kappa shape index (κ3) is 6.82. The highest BCUT2D eigenvalue weighted by Crippen LogP contribution is 2.21. The van der Waals surface area contributed by atoms with E-state index in [9.17, 15) is 18.0 Å². The molecule has 184 valence electrons. The summed E-state index contributed by atoms with van der Waals surface area (Å²) in [4.78, 5) is 27.3. The monoisotopic (exact) mass is 485 g/mol. The molecule has 2 aromatic carbocycles. The van der Waals surface area contributed by atoms with E-state index in [1.165, 1.54) is 0 Å². The molecule has 1 heterocycles. The fourth-order valence-electron chi connectivity index (χ4n) is 4.03. The quantitative estimate of drug-likeness (QED) is 0.560. The van der Waals surface area contributed by atoms with E-state index in [2.05, 4.69) is 17.0 Å². The molecule has 1 aliphatic heterocycles. The molecule has 0 aliphatic carbocycles. The first kappa shape index (κ1) is 25.7. The molecule has 3 rings (SSSR count). The summed E-state index contributed by atoms with van der Waals surface area (Å²) in [6.07, 6.45) is 3.46. The molecule has 2 N–H and O–H groups in total. The molecule has 7 nitrogen and oxygen atoms in total. The van der Waals surface area contributed by atoms with Crippen molar-refractivity contribution in [3.63, 3.8) is 0 Å². The standard InChI is InChI=1S/C26H35N3O4S/c1-4-6-20-8-14-24(15-9-20)34(32,33)28-23-12-10-21(11-13-23)26(31)29-16-5-7-22(18-29)25(30)27-17-19(2)3/h8-15,19,22,28H,4-7,16-18H2,1-3H3,(H,27,30)/t22-/m1/s1. The molecule has 0 spiro atoms. The number of sulfonamides is 1. The van der Waals surface area contributed by atoms with Gasteiger partial charge in [-0.05, 0) is 67.1 Å². The number of carbonyl (C=O) groups excluding carboxylic acids is 2. The van der Waals surface area contributed by atoms with Gasteiger partial charge in [0.15, 0.2) is 0 Å². The Kier molecular flexibility index (Phi) is 8.72. The molecule has 2 aromatic rings. The number of amides is 2. The van der Waals surface area contributed by atoms with E-state index in [-0.39, 0.29) is 22.6 Å². The molecule has 0 aromatic heterocycles. The minimum absolute atomic E-state index is 0.00122. The van der Waals surface area contributed by atoms with E-state index in [0.717, 1.165) is 31.2 Å². The van der Waals surface area contributed by atoms with E-state index in [4.69, 9.17) is 0 Å². The Bertz CT molecular complexity index is 1080. The molecule has 0 bridgehead atoms. The number of anilines is 1. The zero-order valence-corrected chi connectivity index (χ0v) is 21.0. The first-order valence-electron chi connectivity index (χ1n) is 12.0. The summed E-state index contributed by atoms with van der Waals surface area (Å²) in [6.45, 7) is 7.80. The molecule has 2 amide bonds. The van der Waals surface area contributed by atoms with Gasteiger partial charge in [-0.2, -0.15) is 0 Å². The second-order valence-corrected chi connectivity index (χ2v) is 11.0. The van der Waals surface area contributed by atoms with Gasteiger partial charge in [-0.25, -0.2) is 8.42 Å². The number of nitrogens with one attached hydrogen (secondary N) is 2. The largest absolute Gasteiger partial charge is 0.356 e. The Morgan fingerprint density at radius 3 is 2.35 bits per heavy atom. The van der Waals surface area contributed by atoms with Gasteiger partial charge in [-0.3, -0.25) is 14.3 Å².